The van der Waals surface area contributed by atoms with E-state index in [1.165, 1.54) is 5.69 Å². The summed E-state index contributed by atoms with van der Waals surface area (Å²) in [7, 11) is 1.69. The minimum absolute atomic E-state index is 0.138. The highest BCUT2D eigenvalue weighted by molar-refractivity contribution is 6.07. The number of piperazine rings is 1. The van der Waals surface area contributed by atoms with Gasteiger partial charge in [-0.1, -0.05) is 25.1 Å². The van der Waals surface area contributed by atoms with E-state index in [0.29, 0.717) is 5.92 Å². The van der Waals surface area contributed by atoms with Gasteiger partial charge in [0.05, 0.1) is 18.2 Å². The Balaban J connectivity index is 1.37. The van der Waals surface area contributed by atoms with E-state index in [-0.39, 0.29) is 5.91 Å². The highest BCUT2D eigenvalue weighted by Crippen LogP contribution is 2.28. The number of ether oxygens (including phenoxy) is 1. The molecule has 0 radical (unpaired) electrons. The van der Waals surface area contributed by atoms with Gasteiger partial charge in [0.2, 0.25) is 0 Å². The minimum Gasteiger partial charge on any atom is -0.497 e. The lowest BCUT2D eigenvalue weighted by atomic mass is 9.98. The Morgan fingerprint density at radius 3 is 2.27 bits per heavy atom. The third-order valence-electron chi connectivity index (χ3n) is 7.05. The molecular weight excluding hydrogens is 412 g/mol. The Morgan fingerprint density at radius 2 is 1.58 bits per heavy atom. The summed E-state index contributed by atoms with van der Waals surface area (Å²) in [6.45, 7) is 7.51. The van der Waals surface area contributed by atoms with Crippen LogP contribution in [-0.4, -0.2) is 62.2 Å². The normalized spacial score (nSPS) is 17.5. The smallest absolute Gasteiger partial charge is 0.254 e. The number of piperidine rings is 1. The molecule has 2 aliphatic rings. The Bertz CT molecular complexity index is 1110. The van der Waals surface area contributed by atoms with Crippen molar-refractivity contribution in [1.29, 1.82) is 0 Å². The maximum Gasteiger partial charge on any atom is 0.254 e. The van der Waals surface area contributed by atoms with Crippen LogP contribution in [0.3, 0.4) is 0 Å². The van der Waals surface area contributed by atoms with Gasteiger partial charge < -0.3 is 19.4 Å². The molecule has 2 aliphatic heterocycles. The van der Waals surface area contributed by atoms with Crippen molar-refractivity contribution in [1.82, 2.24) is 9.88 Å². The minimum atomic E-state index is 0.138. The van der Waals surface area contributed by atoms with Gasteiger partial charge in [-0.3, -0.25) is 4.79 Å². The SMILES string of the molecule is COc1ccc(N2CCN(c3cc(C(=O)N4CCC(C)CC4)c4ccccc4n3)CC2)cc1. The first kappa shape index (κ1) is 21.6. The van der Waals surface area contributed by atoms with Crippen molar-refractivity contribution in [3.8, 4) is 5.75 Å². The first-order valence-corrected chi connectivity index (χ1v) is 12.0. The number of likely N-dealkylation sites (tertiary alicyclic amines) is 1. The predicted octanol–water partition coefficient (Wildman–Crippen LogP) is 4.44. The number of aromatic nitrogens is 1. The van der Waals surface area contributed by atoms with Gasteiger partial charge in [0.1, 0.15) is 11.6 Å². The molecule has 0 saturated carbocycles. The highest BCUT2D eigenvalue weighted by Gasteiger charge is 2.25. The molecule has 0 spiro atoms. The molecule has 2 aromatic carbocycles. The second kappa shape index (κ2) is 9.30. The van der Waals surface area contributed by atoms with Gasteiger partial charge >= 0.3 is 0 Å². The fraction of sp³-hybridized carbons (Fsp3) is 0.407. The average molecular weight is 445 g/mol. The zero-order valence-corrected chi connectivity index (χ0v) is 19.5. The molecule has 3 heterocycles. The van der Waals surface area contributed by atoms with Crippen LogP contribution in [0.5, 0.6) is 5.75 Å². The molecule has 6 nitrogen and oxygen atoms in total. The number of fused-ring (bicyclic) bond motifs is 1. The van der Waals surface area contributed by atoms with E-state index in [9.17, 15) is 4.79 Å². The molecule has 5 rings (SSSR count). The second-order valence-corrected chi connectivity index (χ2v) is 9.19. The van der Waals surface area contributed by atoms with E-state index in [0.717, 1.165) is 80.1 Å². The van der Waals surface area contributed by atoms with Gasteiger partial charge in [-0.25, -0.2) is 4.98 Å². The second-order valence-electron chi connectivity index (χ2n) is 9.19. The number of para-hydroxylation sites is 1. The van der Waals surface area contributed by atoms with Crippen molar-refractivity contribution in [2.75, 3.05) is 56.2 Å². The molecule has 0 atom stereocenters. The number of benzene rings is 2. The van der Waals surface area contributed by atoms with E-state index in [1.54, 1.807) is 7.11 Å². The van der Waals surface area contributed by atoms with Crippen molar-refractivity contribution in [2.45, 2.75) is 19.8 Å². The Kier molecular flexibility index (Phi) is 6.07. The number of carbonyl (C=O) groups excluding carboxylic acids is 1. The van der Waals surface area contributed by atoms with Crippen LogP contribution in [0.1, 0.15) is 30.1 Å². The number of hydrogen-bond donors (Lipinski definition) is 0. The predicted molar refractivity (Wildman–Crippen MR) is 133 cm³/mol. The van der Waals surface area contributed by atoms with Crippen LogP contribution >= 0.6 is 0 Å². The Hall–Kier alpha value is -3.28. The molecular formula is C27H32N4O2. The number of nitrogens with zero attached hydrogens (tertiary/aromatic N) is 4. The summed E-state index contributed by atoms with van der Waals surface area (Å²) in [5.41, 5.74) is 2.88. The lowest BCUT2D eigenvalue weighted by Crippen LogP contribution is -2.47. The van der Waals surface area contributed by atoms with Crippen molar-refractivity contribution >= 4 is 28.3 Å². The topological polar surface area (TPSA) is 48.9 Å². The molecule has 0 aliphatic carbocycles. The molecule has 2 fully saturated rings. The van der Waals surface area contributed by atoms with Gasteiger partial charge in [0.15, 0.2) is 0 Å². The van der Waals surface area contributed by atoms with Gasteiger partial charge in [0, 0.05) is 50.3 Å². The van der Waals surface area contributed by atoms with Crippen LogP contribution in [0, 0.1) is 5.92 Å². The van der Waals surface area contributed by atoms with E-state index < -0.39 is 0 Å². The van der Waals surface area contributed by atoms with E-state index in [1.807, 2.05) is 47.4 Å². The molecule has 33 heavy (non-hydrogen) atoms. The van der Waals surface area contributed by atoms with E-state index >= 15 is 0 Å². The third kappa shape index (κ3) is 4.47. The van der Waals surface area contributed by atoms with Gasteiger partial charge in [-0.2, -0.15) is 0 Å². The zero-order valence-electron chi connectivity index (χ0n) is 19.5. The van der Waals surface area contributed by atoms with E-state index in [2.05, 4.69) is 28.9 Å². The highest BCUT2D eigenvalue weighted by atomic mass is 16.5. The largest absolute Gasteiger partial charge is 0.497 e. The standard InChI is InChI=1S/C27H32N4O2/c1-20-11-13-31(14-12-20)27(32)24-19-26(28-25-6-4-3-5-23(24)25)30-17-15-29(16-18-30)21-7-9-22(33-2)10-8-21/h3-10,19-20H,11-18H2,1-2H3. The summed E-state index contributed by atoms with van der Waals surface area (Å²) >= 11 is 0. The van der Waals surface area contributed by atoms with Crippen LogP contribution in [0.25, 0.3) is 10.9 Å². The van der Waals surface area contributed by atoms with E-state index in [4.69, 9.17) is 9.72 Å². The molecule has 6 heteroatoms. The monoisotopic (exact) mass is 444 g/mol. The van der Waals surface area contributed by atoms with Crippen LogP contribution < -0.4 is 14.5 Å². The summed E-state index contributed by atoms with van der Waals surface area (Å²) in [5.74, 6) is 2.61. The molecule has 1 aromatic heterocycles. The summed E-state index contributed by atoms with van der Waals surface area (Å²) < 4.78 is 5.28. The van der Waals surface area contributed by atoms with Crippen molar-refractivity contribution in [3.05, 3.63) is 60.2 Å². The van der Waals surface area contributed by atoms with Crippen molar-refractivity contribution < 1.29 is 9.53 Å². The molecule has 0 unspecified atom stereocenters. The van der Waals surface area contributed by atoms with Crippen LogP contribution in [-0.2, 0) is 0 Å². The molecule has 2 saturated heterocycles. The number of methoxy groups -OCH3 is 1. The lowest BCUT2D eigenvalue weighted by molar-refractivity contribution is 0.0699. The number of amides is 1. The first-order chi connectivity index (χ1) is 16.1. The van der Waals surface area contributed by atoms with Crippen LogP contribution in [0.15, 0.2) is 54.6 Å². The van der Waals surface area contributed by atoms with Gasteiger partial charge in [0.25, 0.3) is 5.91 Å². The number of pyridine rings is 1. The molecule has 172 valence electrons. The summed E-state index contributed by atoms with van der Waals surface area (Å²) in [4.78, 5) is 25.2. The average Bonchev–Trinajstić information content (AvgIpc) is 2.88. The lowest BCUT2D eigenvalue weighted by Gasteiger charge is -2.37. The third-order valence-corrected chi connectivity index (χ3v) is 7.05. The van der Waals surface area contributed by atoms with Crippen molar-refractivity contribution in [3.63, 3.8) is 0 Å². The summed E-state index contributed by atoms with van der Waals surface area (Å²) in [6.07, 6.45) is 2.16. The fourth-order valence-corrected chi connectivity index (χ4v) is 4.87. The van der Waals surface area contributed by atoms with Gasteiger partial charge in [-0.05, 0) is 55.2 Å². The van der Waals surface area contributed by atoms with Gasteiger partial charge in [-0.15, -0.1) is 0 Å². The summed E-state index contributed by atoms with van der Waals surface area (Å²) in [5, 5.41) is 0.946. The quantitative estimate of drug-likeness (QED) is 0.595. The van der Waals surface area contributed by atoms with Crippen LogP contribution in [0.4, 0.5) is 11.5 Å². The molecule has 0 bridgehead atoms. The zero-order chi connectivity index (χ0) is 22.8. The first-order valence-electron chi connectivity index (χ1n) is 12.0. The number of hydrogen-bond acceptors (Lipinski definition) is 5. The molecule has 1 amide bonds. The Labute approximate surface area is 195 Å². The van der Waals surface area contributed by atoms with Crippen LogP contribution in [0.2, 0.25) is 0 Å². The number of carbonyl (C=O) groups is 1. The fourth-order valence-electron chi connectivity index (χ4n) is 4.87. The molecule has 3 aromatic rings. The Morgan fingerprint density at radius 1 is 0.909 bits per heavy atom. The maximum absolute atomic E-state index is 13.5. The molecule has 0 N–H and O–H groups in total. The van der Waals surface area contributed by atoms with Crippen molar-refractivity contribution in [2.24, 2.45) is 5.92 Å². The number of rotatable bonds is 4. The maximum atomic E-state index is 13.5. The number of anilines is 2. The summed E-state index contributed by atoms with van der Waals surface area (Å²) in [6, 6.07) is 18.3.